The Kier molecular flexibility index (Phi) is 2.41. The van der Waals surface area contributed by atoms with Crippen molar-refractivity contribution in [3.63, 3.8) is 0 Å². The van der Waals surface area contributed by atoms with Gasteiger partial charge in [-0.25, -0.2) is 0 Å². The monoisotopic (exact) mass is 332 g/mol. The maximum Gasteiger partial charge on any atom is 0.194 e. The molecule has 6 rings (SSSR count). The number of benzene rings is 4. The summed E-state index contributed by atoms with van der Waals surface area (Å²) < 4.78 is 0. The Morgan fingerprint density at radius 1 is 0.385 bits per heavy atom. The minimum Gasteiger partial charge on any atom is -0.289 e. The zero-order chi connectivity index (χ0) is 17.4. The van der Waals surface area contributed by atoms with Crippen molar-refractivity contribution < 1.29 is 0 Å². The van der Waals surface area contributed by atoms with Crippen molar-refractivity contribution in [2.45, 2.75) is 0 Å². The van der Waals surface area contributed by atoms with Gasteiger partial charge in [0.15, 0.2) is 10.9 Å². The average Bonchev–Trinajstić information content (AvgIpc) is 3.12. The van der Waals surface area contributed by atoms with Crippen molar-refractivity contribution in [1.82, 2.24) is 0 Å². The Labute approximate surface area is 147 Å². The Bertz CT molecular complexity index is 1490. The van der Waals surface area contributed by atoms with Gasteiger partial charge < -0.3 is 0 Å². The molecule has 0 bridgehead atoms. The second-order valence-electron chi connectivity index (χ2n) is 6.89. The van der Waals surface area contributed by atoms with Crippen molar-refractivity contribution in [3.05, 3.63) is 93.2 Å². The molecule has 2 heteroatoms. The minimum absolute atomic E-state index is 0.0626. The van der Waals surface area contributed by atoms with Crippen molar-refractivity contribution in [2.24, 2.45) is 0 Å². The highest BCUT2D eigenvalue weighted by Gasteiger charge is 2.14. The highest BCUT2D eigenvalue weighted by molar-refractivity contribution is 6.20. The van der Waals surface area contributed by atoms with Crippen LogP contribution in [-0.4, -0.2) is 0 Å². The van der Waals surface area contributed by atoms with E-state index in [0.717, 1.165) is 53.9 Å². The largest absolute Gasteiger partial charge is 0.289 e. The standard InChI is InChI=1S/C24H12O2/c25-23-17-7-3-1-5-15(17)19-9-13-10-20-16-6-2-4-8-18(16)24(26)22(20)12-14(13)11-21(19)23/h1-12H. The van der Waals surface area contributed by atoms with E-state index >= 15 is 0 Å². The second kappa shape index (κ2) is 4.55. The van der Waals surface area contributed by atoms with Gasteiger partial charge in [0.2, 0.25) is 0 Å². The van der Waals surface area contributed by atoms with Gasteiger partial charge in [-0.15, -0.1) is 0 Å². The second-order valence-corrected chi connectivity index (χ2v) is 6.89. The topological polar surface area (TPSA) is 34.1 Å². The van der Waals surface area contributed by atoms with Crippen molar-refractivity contribution in [3.8, 4) is 0 Å². The molecule has 120 valence electrons. The molecular weight excluding hydrogens is 320 g/mol. The lowest BCUT2D eigenvalue weighted by molar-refractivity contribution is 1.80. The van der Waals surface area contributed by atoms with E-state index in [1.54, 1.807) is 0 Å². The Hall–Kier alpha value is -3.52. The van der Waals surface area contributed by atoms with E-state index in [4.69, 9.17) is 0 Å². The molecule has 2 nitrogen and oxygen atoms in total. The molecule has 26 heavy (non-hydrogen) atoms. The molecule has 0 saturated carbocycles. The van der Waals surface area contributed by atoms with E-state index in [1.165, 1.54) is 0 Å². The molecule has 0 spiro atoms. The molecule has 6 aromatic carbocycles. The average molecular weight is 332 g/mol. The summed E-state index contributed by atoms with van der Waals surface area (Å²) in [4.78, 5) is 25.5. The Balaban J connectivity index is 1.87. The number of fused-ring (bicyclic) bond motifs is 7. The summed E-state index contributed by atoms with van der Waals surface area (Å²) in [5.74, 6) is 0. The van der Waals surface area contributed by atoms with Gasteiger partial charge in [-0.05, 0) is 56.6 Å². The molecule has 0 aliphatic carbocycles. The third-order valence-corrected chi connectivity index (χ3v) is 5.53. The third kappa shape index (κ3) is 1.56. The number of hydrogen-bond acceptors (Lipinski definition) is 2. The van der Waals surface area contributed by atoms with Crippen molar-refractivity contribution in [1.29, 1.82) is 0 Å². The van der Waals surface area contributed by atoms with Crippen LogP contribution in [0.15, 0.2) is 82.4 Å². The molecule has 6 aromatic rings. The molecule has 0 aliphatic rings. The first-order valence-corrected chi connectivity index (χ1v) is 8.62. The molecule has 0 fully saturated rings. The summed E-state index contributed by atoms with van der Waals surface area (Å²) in [5, 5.41) is 8.90. The van der Waals surface area contributed by atoms with Crippen LogP contribution in [0.4, 0.5) is 0 Å². The molecule has 0 radical (unpaired) electrons. The molecule has 0 aliphatic heterocycles. The fourth-order valence-corrected chi connectivity index (χ4v) is 4.29. The summed E-state index contributed by atoms with van der Waals surface area (Å²) in [6, 6.07) is 23.5. The zero-order valence-corrected chi connectivity index (χ0v) is 13.7. The minimum atomic E-state index is 0.0626. The van der Waals surface area contributed by atoms with Crippen LogP contribution in [0.1, 0.15) is 0 Å². The summed E-state index contributed by atoms with van der Waals surface area (Å²) in [6.07, 6.45) is 0. The lowest BCUT2D eigenvalue weighted by atomic mass is 10.0. The molecule has 0 aromatic heterocycles. The van der Waals surface area contributed by atoms with Crippen LogP contribution in [0.5, 0.6) is 0 Å². The lowest BCUT2D eigenvalue weighted by Gasteiger charge is -2.01. The van der Waals surface area contributed by atoms with E-state index in [0.29, 0.717) is 0 Å². The number of hydrogen-bond donors (Lipinski definition) is 0. The molecule has 0 unspecified atom stereocenters. The van der Waals surface area contributed by atoms with Gasteiger partial charge in [0.05, 0.1) is 0 Å². The molecule has 0 atom stereocenters. The molecule has 0 heterocycles. The van der Waals surface area contributed by atoms with Crippen LogP contribution < -0.4 is 10.9 Å². The zero-order valence-electron chi connectivity index (χ0n) is 13.7. The van der Waals surface area contributed by atoms with Crippen molar-refractivity contribution >= 4 is 53.9 Å². The van der Waals surface area contributed by atoms with Crippen LogP contribution in [0.25, 0.3) is 53.9 Å². The maximum absolute atomic E-state index is 12.7. The molecule has 0 saturated heterocycles. The third-order valence-electron chi connectivity index (χ3n) is 5.53. The fourth-order valence-electron chi connectivity index (χ4n) is 4.29. The van der Waals surface area contributed by atoms with Gasteiger partial charge >= 0.3 is 0 Å². The van der Waals surface area contributed by atoms with Crippen LogP contribution in [0.2, 0.25) is 0 Å². The molecular formula is C24H12O2. The van der Waals surface area contributed by atoms with Crippen LogP contribution in [0, 0.1) is 0 Å². The first-order valence-electron chi connectivity index (χ1n) is 8.62. The summed E-state index contributed by atoms with van der Waals surface area (Å²) in [7, 11) is 0. The quantitative estimate of drug-likeness (QED) is 0.390. The Morgan fingerprint density at radius 2 is 0.731 bits per heavy atom. The summed E-state index contributed by atoms with van der Waals surface area (Å²) in [5.41, 5.74) is 0.125. The first kappa shape index (κ1) is 13.7. The number of rotatable bonds is 0. The fraction of sp³-hybridized carbons (Fsp3) is 0. The SMILES string of the molecule is O=c1c2ccccc2c2cc3cc4c(cc3cc12)c(=O)c1ccccc14. The normalized spacial score (nSPS) is 12.2. The van der Waals surface area contributed by atoms with Crippen LogP contribution >= 0.6 is 0 Å². The van der Waals surface area contributed by atoms with Crippen molar-refractivity contribution in [2.75, 3.05) is 0 Å². The van der Waals surface area contributed by atoms with E-state index in [2.05, 4.69) is 12.1 Å². The lowest BCUT2D eigenvalue weighted by Crippen LogP contribution is -1.94. The van der Waals surface area contributed by atoms with Gasteiger partial charge in [-0.3, -0.25) is 9.59 Å². The first-order chi connectivity index (χ1) is 12.7. The molecule has 0 N–H and O–H groups in total. The maximum atomic E-state index is 12.7. The van der Waals surface area contributed by atoms with Gasteiger partial charge in [0, 0.05) is 21.5 Å². The highest BCUT2D eigenvalue weighted by Crippen LogP contribution is 2.32. The highest BCUT2D eigenvalue weighted by atomic mass is 16.1. The van der Waals surface area contributed by atoms with Crippen LogP contribution in [-0.2, 0) is 0 Å². The van der Waals surface area contributed by atoms with Gasteiger partial charge in [0.1, 0.15) is 0 Å². The van der Waals surface area contributed by atoms with E-state index in [1.807, 2.05) is 60.7 Å². The van der Waals surface area contributed by atoms with Gasteiger partial charge in [-0.2, -0.15) is 0 Å². The predicted octanol–water partition coefficient (Wildman–Crippen LogP) is 5.05. The summed E-state index contributed by atoms with van der Waals surface area (Å²) >= 11 is 0. The van der Waals surface area contributed by atoms with E-state index < -0.39 is 0 Å². The van der Waals surface area contributed by atoms with E-state index in [-0.39, 0.29) is 10.9 Å². The van der Waals surface area contributed by atoms with Gasteiger partial charge in [-0.1, -0.05) is 48.5 Å². The predicted molar refractivity (Wildman–Crippen MR) is 109 cm³/mol. The summed E-state index contributed by atoms with van der Waals surface area (Å²) in [6.45, 7) is 0. The van der Waals surface area contributed by atoms with E-state index in [9.17, 15) is 9.59 Å². The van der Waals surface area contributed by atoms with Crippen LogP contribution in [0.3, 0.4) is 0 Å². The smallest absolute Gasteiger partial charge is 0.194 e. The molecule has 0 amide bonds. The van der Waals surface area contributed by atoms with Gasteiger partial charge in [0.25, 0.3) is 0 Å². The Morgan fingerprint density at radius 3 is 1.15 bits per heavy atom.